The van der Waals surface area contributed by atoms with Gasteiger partial charge in [0.15, 0.2) is 0 Å². The minimum Gasteiger partial charge on any atom is -0.480 e. The Balaban J connectivity index is 3.16. The molecule has 1 atom stereocenters. The summed E-state index contributed by atoms with van der Waals surface area (Å²) in [5.74, 6) is -1.26. The Labute approximate surface area is 107 Å². The van der Waals surface area contributed by atoms with Gasteiger partial charge in [0.05, 0.1) is 0 Å². The zero-order valence-electron chi connectivity index (χ0n) is 11.4. The van der Waals surface area contributed by atoms with Crippen LogP contribution in [0, 0.1) is 20.8 Å². The number of rotatable bonds is 3. The lowest BCUT2D eigenvalue weighted by Crippen LogP contribution is -2.40. The summed E-state index contributed by atoms with van der Waals surface area (Å²) in [6.07, 6.45) is 0. The Bertz CT molecular complexity index is 471. The zero-order chi connectivity index (χ0) is 14.0. The van der Waals surface area contributed by atoms with Gasteiger partial charge in [-0.1, -0.05) is 17.7 Å². The van der Waals surface area contributed by atoms with Gasteiger partial charge in [-0.05, 0) is 38.8 Å². The third-order valence-electron chi connectivity index (χ3n) is 3.15. The molecule has 0 saturated carbocycles. The summed E-state index contributed by atoms with van der Waals surface area (Å²) in [4.78, 5) is 24.5. The minimum absolute atomic E-state index is 0.250. The maximum absolute atomic E-state index is 12.3. The van der Waals surface area contributed by atoms with Crippen molar-refractivity contribution < 1.29 is 14.7 Å². The Morgan fingerprint density at radius 2 is 1.61 bits per heavy atom. The highest BCUT2D eigenvalue weighted by Gasteiger charge is 2.24. The Morgan fingerprint density at radius 3 is 2.00 bits per heavy atom. The molecule has 0 heterocycles. The summed E-state index contributed by atoms with van der Waals surface area (Å²) in [5.41, 5.74) is 3.44. The number of aliphatic carboxylic acids is 1. The van der Waals surface area contributed by atoms with Gasteiger partial charge in [-0.2, -0.15) is 0 Å². The van der Waals surface area contributed by atoms with E-state index in [1.165, 1.54) is 18.9 Å². The van der Waals surface area contributed by atoms with E-state index in [2.05, 4.69) is 0 Å². The van der Waals surface area contributed by atoms with Crippen molar-refractivity contribution >= 4 is 11.9 Å². The number of carboxylic acid groups (broad SMARTS) is 1. The van der Waals surface area contributed by atoms with Gasteiger partial charge in [-0.15, -0.1) is 0 Å². The van der Waals surface area contributed by atoms with Crippen molar-refractivity contribution in [1.29, 1.82) is 0 Å². The van der Waals surface area contributed by atoms with Crippen LogP contribution in [0.25, 0.3) is 0 Å². The van der Waals surface area contributed by atoms with Gasteiger partial charge in [-0.25, -0.2) is 4.79 Å². The van der Waals surface area contributed by atoms with E-state index >= 15 is 0 Å². The molecule has 0 aromatic heterocycles. The van der Waals surface area contributed by atoms with Gasteiger partial charge < -0.3 is 10.0 Å². The van der Waals surface area contributed by atoms with E-state index in [9.17, 15) is 9.59 Å². The molecule has 1 aromatic rings. The highest BCUT2D eigenvalue weighted by molar-refractivity contribution is 5.98. The quantitative estimate of drug-likeness (QED) is 0.893. The van der Waals surface area contributed by atoms with E-state index in [4.69, 9.17) is 5.11 Å². The highest BCUT2D eigenvalue weighted by Crippen LogP contribution is 2.18. The van der Waals surface area contributed by atoms with Gasteiger partial charge in [0.25, 0.3) is 5.91 Å². The molecule has 0 aliphatic heterocycles. The van der Waals surface area contributed by atoms with Crippen molar-refractivity contribution in [3.05, 3.63) is 34.4 Å². The molecular formula is C14H19NO3. The Morgan fingerprint density at radius 1 is 1.17 bits per heavy atom. The third-order valence-corrected chi connectivity index (χ3v) is 3.15. The third kappa shape index (κ3) is 2.70. The van der Waals surface area contributed by atoms with Crippen LogP contribution in [-0.2, 0) is 4.79 Å². The average Bonchev–Trinajstić information content (AvgIpc) is 2.25. The van der Waals surface area contributed by atoms with Crippen LogP contribution in [-0.4, -0.2) is 35.0 Å². The average molecular weight is 249 g/mol. The largest absolute Gasteiger partial charge is 0.480 e. The Hall–Kier alpha value is -1.84. The molecule has 0 saturated heterocycles. The number of aryl methyl sites for hydroxylation is 3. The SMILES string of the molecule is Cc1cc(C)c(C(=O)N(C)C(C)C(=O)O)c(C)c1. The van der Waals surface area contributed by atoms with E-state index in [0.29, 0.717) is 5.56 Å². The topological polar surface area (TPSA) is 57.6 Å². The van der Waals surface area contributed by atoms with E-state index in [0.717, 1.165) is 16.7 Å². The molecule has 0 aliphatic rings. The summed E-state index contributed by atoms with van der Waals surface area (Å²) in [5, 5.41) is 8.94. The minimum atomic E-state index is -1.01. The molecule has 1 aromatic carbocycles. The number of nitrogens with zero attached hydrogens (tertiary/aromatic N) is 1. The van der Waals surface area contributed by atoms with Crippen molar-refractivity contribution in [2.75, 3.05) is 7.05 Å². The van der Waals surface area contributed by atoms with Crippen molar-refractivity contribution in [3.8, 4) is 0 Å². The fraction of sp³-hybridized carbons (Fsp3) is 0.429. The van der Waals surface area contributed by atoms with E-state index in [-0.39, 0.29) is 5.91 Å². The smallest absolute Gasteiger partial charge is 0.326 e. The summed E-state index contributed by atoms with van der Waals surface area (Å²) in [7, 11) is 1.51. The summed E-state index contributed by atoms with van der Waals surface area (Å²) in [6.45, 7) is 7.20. The second-order valence-electron chi connectivity index (χ2n) is 4.70. The number of carbonyl (C=O) groups excluding carboxylic acids is 1. The second-order valence-corrected chi connectivity index (χ2v) is 4.70. The molecule has 4 nitrogen and oxygen atoms in total. The molecule has 0 fully saturated rings. The molecule has 18 heavy (non-hydrogen) atoms. The first-order valence-electron chi connectivity index (χ1n) is 5.83. The molecular weight excluding hydrogens is 230 g/mol. The van der Waals surface area contributed by atoms with Crippen LogP contribution >= 0.6 is 0 Å². The van der Waals surface area contributed by atoms with E-state index < -0.39 is 12.0 Å². The maximum atomic E-state index is 12.3. The normalized spacial score (nSPS) is 12.1. The molecule has 98 valence electrons. The van der Waals surface area contributed by atoms with Gasteiger partial charge >= 0.3 is 5.97 Å². The molecule has 1 unspecified atom stereocenters. The van der Waals surface area contributed by atoms with Gasteiger partial charge in [0, 0.05) is 12.6 Å². The Kier molecular flexibility index (Phi) is 4.11. The molecule has 1 amide bonds. The van der Waals surface area contributed by atoms with Crippen molar-refractivity contribution in [2.45, 2.75) is 33.7 Å². The molecule has 0 aliphatic carbocycles. The zero-order valence-corrected chi connectivity index (χ0v) is 11.4. The summed E-state index contributed by atoms with van der Waals surface area (Å²) < 4.78 is 0. The lowest BCUT2D eigenvalue weighted by atomic mass is 9.98. The number of hydrogen-bond acceptors (Lipinski definition) is 2. The van der Waals surface area contributed by atoms with Crippen LogP contribution in [0.2, 0.25) is 0 Å². The second kappa shape index (κ2) is 5.21. The standard InChI is InChI=1S/C14H19NO3/c1-8-6-9(2)12(10(3)7-8)13(16)15(5)11(4)14(17)18/h6-7,11H,1-5H3,(H,17,18). The number of amides is 1. The molecule has 1 rings (SSSR count). The summed E-state index contributed by atoms with van der Waals surface area (Å²) >= 11 is 0. The number of benzene rings is 1. The van der Waals surface area contributed by atoms with E-state index in [1.807, 2.05) is 32.9 Å². The van der Waals surface area contributed by atoms with Crippen LogP contribution in [0.15, 0.2) is 12.1 Å². The molecule has 1 N–H and O–H groups in total. The van der Waals surface area contributed by atoms with Crippen LogP contribution < -0.4 is 0 Å². The molecule has 4 heteroatoms. The fourth-order valence-corrected chi connectivity index (χ4v) is 2.04. The van der Waals surface area contributed by atoms with Crippen LogP contribution in [0.4, 0.5) is 0 Å². The molecule has 0 spiro atoms. The van der Waals surface area contributed by atoms with Crippen molar-refractivity contribution in [1.82, 2.24) is 4.90 Å². The maximum Gasteiger partial charge on any atom is 0.326 e. The van der Waals surface area contributed by atoms with Crippen LogP contribution in [0.1, 0.15) is 34.0 Å². The van der Waals surface area contributed by atoms with Crippen molar-refractivity contribution in [2.24, 2.45) is 0 Å². The monoisotopic (exact) mass is 249 g/mol. The molecule has 0 radical (unpaired) electrons. The predicted octanol–water partition coefficient (Wildman–Crippen LogP) is 2.16. The van der Waals surface area contributed by atoms with Crippen LogP contribution in [0.3, 0.4) is 0 Å². The van der Waals surface area contributed by atoms with Gasteiger partial charge in [0.1, 0.15) is 6.04 Å². The van der Waals surface area contributed by atoms with E-state index in [1.54, 1.807) is 0 Å². The lowest BCUT2D eigenvalue weighted by molar-refractivity contribution is -0.141. The number of likely N-dealkylation sites (N-methyl/N-ethyl adjacent to an activating group) is 1. The highest BCUT2D eigenvalue weighted by atomic mass is 16.4. The first kappa shape index (κ1) is 14.2. The van der Waals surface area contributed by atoms with Crippen LogP contribution in [0.5, 0.6) is 0 Å². The first-order chi connectivity index (χ1) is 8.25. The van der Waals surface area contributed by atoms with Crippen molar-refractivity contribution in [3.63, 3.8) is 0 Å². The van der Waals surface area contributed by atoms with Gasteiger partial charge in [-0.3, -0.25) is 4.79 Å². The first-order valence-corrected chi connectivity index (χ1v) is 5.83. The molecule has 0 bridgehead atoms. The van der Waals surface area contributed by atoms with Gasteiger partial charge in [0.2, 0.25) is 0 Å². The fourth-order valence-electron chi connectivity index (χ4n) is 2.04. The summed E-state index contributed by atoms with van der Waals surface area (Å²) in [6, 6.07) is 3.02. The lowest BCUT2D eigenvalue weighted by Gasteiger charge is -2.23. The number of carbonyl (C=O) groups is 2. The predicted molar refractivity (Wildman–Crippen MR) is 69.8 cm³/mol. The number of hydrogen-bond donors (Lipinski definition) is 1. The number of carboxylic acids is 1.